The van der Waals surface area contributed by atoms with Gasteiger partial charge in [-0.25, -0.2) is 4.98 Å². The lowest BCUT2D eigenvalue weighted by atomic mass is 10.2. The quantitative estimate of drug-likeness (QED) is 0.661. The number of carbonyl (C=O) groups is 1. The minimum absolute atomic E-state index is 0.0307. The van der Waals surface area contributed by atoms with Crippen molar-refractivity contribution in [2.24, 2.45) is 0 Å². The van der Waals surface area contributed by atoms with Gasteiger partial charge in [-0.05, 0) is 36.4 Å². The number of pyridine rings is 1. The summed E-state index contributed by atoms with van der Waals surface area (Å²) in [4.78, 5) is 23.4. The molecule has 2 heterocycles. The van der Waals surface area contributed by atoms with E-state index in [1.165, 1.54) is 11.8 Å². The van der Waals surface area contributed by atoms with Crippen molar-refractivity contribution in [3.63, 3.8) is 0 Å². The van der Waals surface area contributed by atoms with Gasteiger partial charge in [0, 0.05) is 42.2 Å². The maximum Gasteiger partial charge on any atom is 0.255 e. The van der Waals surface area contributed by atoms with Gasteiger partial charge in [-0.15, -0.1) is 0 Å². The van der Waals surface area contributed by atoms with E-state index in [0.29, 0.717) is 24.2 Å². The molecule has 3 aromatic rings. The number of anilines is 1. The highest BCUT2D eigenvalue weighted by atomic mass is 32.2. The predicted molar refractivity (Wildman–Crippen MR) is 114 cm³/mol. The van der Waals surface area contributed by atoms with E-state index in [4.69, 9.17) is 0 Å². The van der Waals surface area contributed by atoms with E-state index in [9.17, 15) is 10.1 Å². The van der Waals surface area contributed by atoms with Gasteiger partial charge in [0.05, 0.1) is 11.1 Å². The standard InChI is InChI=1S/C23H20N4OS/c24-17-18-7-1-3-9-20(18)29-21-10-4-2-8-19(21)23(28)27-15-13-26(14-16-27)22-11-5-6-12-25-22/h1-12H,13-16H2. The molecule has 2 aromatic carbocycles. The highest BCUT2D eigenvalue weighted by molar-refractivity contribution is 7.99. The summed E-state index contributed by atoms with van der Waals surface area (Å²) < 4.78 is 0. The number of benzene rings is 2. The van der Waals surface area contributed by atoms with Crippen molar-refractivity contribution in [3.05, 3.63) is 84.1 Å². The fourth-order valence-corrected chi connectivity index (χ4v) is 4.37. The van der Waals surface area contributed by atoms with Gasteiger partial charge < -0.3 is 9.80 Å². The Morgan fingerprint density at radius 1 is 0.897 bits per heavy atom. The smallest absolute Gasteiger partial charge is 0.255 e. The monoisotopic (exact) mass is 400 g/mol. The maximum atomic E-state index is 13.2. The summed E-state index contributed by atoms with van der Waals surface area (Å²) in [6.45, 7) is 2.83. The van der Waals surface area contributed by atoms with Crippen molar-refractivity contribution in [2.75, 3.05) is 31.1 Å². The van der Waals surface area contributed by atoms with Crippen molar-refractivity contribution >= 4 is 23.5 Å². The van der Waals surface area contributed by atoms with Gasteiger partial charge in [-0.3, -0.25) is 4.79 Å². The number of amides is 1. The molecule has 1 saturated heterocycles. The van der Waals surface area contributed by atoms with Gasteiger partial charge in [0.1, 0.15) is 11.9 Å². The molecule has 0 unspecified atom stereocenters. The molecule has 1 aliphatic rings. The molecule has 0 radical (unpaired) electrons. The van der Waals surface area contributed by atoms with E-state index >= 15 is 0 Å². The van der Waals surface area contributed by atoms with Gasteiger partial charge in [0.25, 0.3) is 5.91 Å². The molecular weight excluding hydrogens is 380 g/mol. The molecule has 0 N–H and O–H groups in total. The van der Waals surface area contributed by atoms with E-state index in [0.717, 1.165) is 28.7 Å². The molecule has 5 nitrogen and oxygen atoms in total. The molecule has 1 fully saturated rings. The van der Waals surface area contributed by atoms with Crippen LogP contribution in [0.5, 0.6) is 0 Å². The van der Waals surface area contributed by atoms with Crippen LogP contribution in [0.4, 0.5) is 5.82 Å². The fourth-order valence-electron chi connectivity index (χ4n) is 3.35. The van der Waals surface area contributed by atoms with Crippen LogP contribution in [0.15, 0.2) is 82.7 Å². The van der Waals surface area contributed by atoms with E-state index in [1.54, 1.807) is 12.3 Å². The lowest BCUT2D eigenvalue weighted by Gasteiger charge is -2.35. The van der Waals surface area contributed by atoms with Gasteiger partial charge in [-0.1, -0.05) is 42.1 Å². The SMILES string of the molecule is N#Cc1ccccc1Sc1ccccc1C(=O)N1CCN(c2ccccn2)CC1. The first-order valence-corrected chi connectivity index (χ1v) is 10.3. The number of rotatable bonds is 4. The van der Waals surface area contributed by atoms with Crippen LogP contribution in [-0.4, -0.2) is 42.0 Å². The zero-order valence-electron chi connectivity index (χ0n) is 15.9. The number of nitrogens with zero attached hydrogens (tertiary/aromatic N) is 4. The molecular formula is C23H20N4OS. The van der Waals surface area contributed by atoms with Crippen molar-refractivity contribution in [1.29, 1.82) is 5.26 Å². The lowest BCUT2D eigenvalue weighted by molar-refractivity contribution is 0.0743. The predicted octanol–water partition coefficient (Wildman–Crippen LogP) is 4.07. The zero-order valence-corrected chi connectivity index (χ0v) is 16.7. The molecule has 0 spiro atoms. The Morgan fingerprint density at radius 2 is 1.59 bits per heavy atom. The summed E-state index contributed by atoms with van der Waals surface area (Å²) in [5.41, 5.74) is 1.29. The summed E-state index contributed by atoms with van der Waals surface area (Å²) in [5.74, 6) is 0.979. The average molecular weight is 401 g/mol. The minimum Gasteiger partial charge on any atom is -0.353 e. The topological polar surface area (TPSA) is 60.2 Å². The zero-order chi connectivity index (χ0) is 20.1. The number of nitriles is 1. The Kier molecular flexibility index (Phi) is 5.78. The van der Waals surface area contributed by atoms with Crippen LogP contribution in [0.2, 0.25) is 0 Å². The van der Waals surface area contributed by atoms with Crippen LogP contribution in [0.1, 0.15) is 15.9 Å². The van der Waals surface area contributed by atoms with E-state index < -0.39 is 0 Å². The molecule has 0 saturated carbocycles. The molecule has 0 aliphatic carbocycles. The van der Waals surface area contributed by atoms with Gasteiger partial charge >= 0.3 is 0 Å². The summed E-state index contributed by atoms with van der Waals surface area (Å²) in [6.07, 6.45) is 1.79. The van der Waals surface area contributed by atoms with Crippen molar-refractivity contribution < 1.29 is 4.79 Å². The Balaban J connectivity index is 1.49. The van der Waals surface area contributed by atoms with E-state index in [2.05, 4.69) is 16.0 Å². The molecule has 1 aromatic heterocycles. The first kappa shape index (κ1) is 19.0. The van der Waals surface area contributed by atoms with Crippen molar-refractivity contribution in [2.45, 2.75) is 9.79 Å². The summed E-state index contributed by atoms with van der Waals surface area (Å²) >= 11 is 1.46. The van der Waals surface area contributed by atoms with Crippen LogP contribution >= 0.6 is 11.8 Å². The van der Waals surface area contributed by atoms with Crippen molar-refractivity contribution in [1.82, 2.24) is 9.88 Å². The second-order valence-corrected chi connectivity index (χ2v) is 7.76. The number of piperazine rings is 1. The summed E-state index contributed by atoms with van der Waals surface area (Å²) in [6, 6.07) is 23.2. The fraction of sp³-hybridized carbons (Fsp3) is 0.174. The van der Waals surface area contributed by atoms with Crippen LogP contribution in [0, 0.1) is 11.3 Å². The third-order valence-electron chi connectivity index (χ3n) is 4.89. The maximum absolute atomic E-state index is 13.2. The molecule has 29 heavy (non-hydrogen) atoms. The summed E-state index contributed by atoms with van der Waals surface area (Å²) in [7, 11) is 0. The third-order valence-corrected chi connectivity index (χ3v) is 6.04. The Bertz CT molecular complexity index is 1040. The number of hydrogen-bond acceptors (Lipinski definition) is 5. The van der Waals surface area contributed by atoms with E-state index in [-0.39, 0.29) is 5.91 Å². The Labute approximate surface area is 174 Å². The van der Waals surface area contributed by atoms with Crippen LogP contribution < -0.4 is 4.90 Å². The van der Waals surface area contributed by atoms with Gasteiger partial charge in [0.15, 0.2) is 0 Å². The molecule has 0 bridgehead atoms. The molecule has 1 amide bonds. The van der Waals surface area contributed by atoms with Crippen LogP contribution in [0.25, 0.3) is 0 Å². The van der Waals surface area contributed by atoms with Gasteiger partial charge in [-0.2, -0.15) is 5.26 Å². The van der Waals surface area contributed by atoms with E-state index in [1.807, 2.05) is 65.6 Å². The second kappa shape index (κ2) is 8.80. The second-order valence-electron chi connectivity index (χ2n) is 6.67. The Morgan fingerprint density at radius 3 is 2.31 bits per heavy atom. The van der Waals surface area contributed by atoms with Gasteiger partial charge in [0.2, 0.25) is 0 Å². The lowest BCUT2D eigenvalue weighted by Crippen LogP contribution is -2.49. The third kappa shape index (κ3) is 4.25. The van der Waals surface area contributed by atoms with Crippen molar-refractivity contribution in [3.8, 4) is 6.07 Å². The highest BCUT2D eigenvalue weighted by Gasteiger charge is 2.24. The molecule has 0 atom stereocenters. The molecule has 4 rings (SSSR count). The number of carbonyl (C=O) groups excluding carboxylic acids is 1. The molecule has 1 aliphatic heterocycles. The molecule has 144 valence electrons. The van der Waals surface area contributed by atoms with Crippen LogP contribution in [0.3, 0.4) is 0 Å². The normalized spacial score (nSPS) is 13.8. The first-order valence-electron chi connectivity index (χ1n) is 9.47. The average Bonchev–Trinajstić information content (AvgIpc) is 2.80. The first-order chi connectivity index (χ1) is 14.3. The minimum atomic E-state index is 0.0307. The Hall–Kier alpha value is -3.30. The van der Waals surface area contributed by atoms with Crippen LogP contribution in [-0.2, 0) is 0 Å². The summed E-state index contributed by atoms with van der Waals surface area (Å²) in [5, 5.41) is 9.35. The highest BCUT2D eigenvalue weighted by Crippen LogP contribution is 2.33. The number of aromatic nitrogens is 1. The largest absolute Gasteiger partial charge is 0.353 e. The molecule has 6 heteroatoms. The number of hydrogen-bond donors (Lipinski definition) is 0.